The van der Waals surface area contributed by atoms with E-state index in [0.29, 0.717) is 12.3 Å². The number of amides is 1. The maximum atomic E-state index is 11.6. The summed E-state index contributed by atoms with van der Waals surface area (Å²) in [6.07, 6.45) is 0. The molecule has 1 rings (SSSR count). The third kappa shape index (κ3) is 4.31. The molecule has 0 aliphatic heterocycles. The number of carbonyl (C=O) groups excluding carboxylic acids is 1. The highest BCUT2D eigenvalue weighted by Gasteiger charge is 2.10. The number of likely N-dealkylation sites (N-methyl/N-ethyl adjacent to an activating group) is 1. The fourth-order valence-electron chi connectivity index (χ4n) is 1.31. The molecule has 1 amide bonds. The minimum absolute atomic E-state index is 0.0225. The second kappa shape index (κ2) is 6.12. The normalized spacial score (nSPS) is 11.9. The van der Waals surface area contributed by atoms with Gasteiger partial charge >= 0.3 is 0 Å². The predicted octanol–water partition coefficient (Wildman–Crippen LogP) is 0.871. The summed E-state index contributed by atoms with van der Waals surface area (Å²) in [7, 11) is 1.72. The maximum Gasteiger partial charge on any atom is 0.260 e. The van der Waals surface area contributed by atoms with Crippen molar-refractivity contribution in [1.82, 2.24) is 4.90 Å². The molecule has 1 aromatic rings. The van der Waals surface area contributed by atoms with E-state index >= 15 is 0 Å². The van der Waals surface area contributed by atoms with Crippen molar-refractivity contribution in [3.05, 3.63) is 30.3 Å². The Kier molecular flexibility index (Phi) is 4.79. The first-order valence-electron chi connectivity index (χ1n) is 5.27. The molecule has 4 heteroatoms. The number of hydrogen-bond acceptors (Lipinski definition) is 3. The molecule has 0 aromatic heterocycles. The Morgan fingerprint density at radius 3 is 2.62 bits per heavy atom. The second-order valence-electron chi connectivity index (χ2n) is 3.85. The molecule has 88 valence electrons. The van der Waals surface area contributed by atoms with Crippen molar-refractivity contribution >= 4 is 5.91 Å². The highest BCUT2D eigenvalue weighted by Crippen LogP contribution is 2.08. The van der Waals surface area contributed by atoms with Gasteiger partial charge in [-0.05, 0) is 19.1 Å². The molecule has 0 spiro atoms. The Hall–Kier alpha value is -1.55. The lowest BCUT2D eigenvalue weighted by Crippen LogP contribution is -2.39. The van der Waals surface area contributed by atoms with Crippen molar-refractivity contribution in [3.63, 3.8) is 0 Å². The molecule has 0 bridgehead atoms. The molecule has 0 fully saturated rings. The summed E-state index contributed by atoms with van der Waals surface area (Å²) < 4.78 is 5.34. The molecular weight excluding hydrogens is 204 g/mol. The number of nitrogens with zero attached hydrogens (tertiary/aromatic N) is 1. The Balaban J connectivity index is 2.35. The zero-order valence-corrected chi connectivity index (χ0v) is 9.72. The first-order chi connectivity index (χ1) is 7.59. The molecule has 1 aromatic carbocycles. The van der Waals surface area contributed by atoms with Gasteiger partial charge in [0.15, 0.2) is 6.61 Å². The number of nitrogens with two attached hydrogens (primary N) is 1. The Morgan fingerprint density at radius 1 is 1.44 bits per heavy atom. The summed E-state index contributed by atoms with van der Waals surface area (Å²) in [5, 5.41) is 0. The van der Waals surface area contributed by atoms with E-state index in [4.69, 9.17) is 10.5 Å². The summed E-state index contributed by atoms with van der Waals surface area (Å²) >= 11 is 0. The quantitative estimate of drug-likeness (QED) is 0.804. The van der Waals surface area contributed by atoms with Crippen LogP contribution < -0.4 is 10.5 Å². The van der Waals surface area contributed by atoms with Crippen LogP contribution in [0.15, 0.2) is 30.3 Å². The van der Waals surface area contributed by atoms with Gasteiger partial charge in [-0.2, -0.15) is 0 Å². The van der Waals surface area contributed by atoms with Gasteiger partial charge in [-0.1, -0.05) is 18.2 Å². The second-order valence-corrected chi connectivity index (χ2v) is 3.85. The van der Waals surface area contributed by atoms with Gasteiger partial charge < -0.3 is 15.4 Å². The highest BCUT2D eigenvalue weighted by molar-refractivity contribution is 5.77. The minimum atomic E-state index is -0.0684. The average molecular weight is 222 g/mol. The zero-order valence-electron chi connectivity index (χ0n) is 9.72. The van der Waals surface area contributed by atoms with Crippen LogP contribution in [0.3, 0.4) is 0 Å². The number of rotatable bonds is 5. The summed E-state index contributed by atoms with van der Waals surface area (Å²) in [5.41, 5.74) is 5.60. The lowest BCUT2D eigenvalue weighted by Gasteiger charge is -2.19. The fourth-order valence-corrected chi connectivity index (χ4v) is 1.31. The van der Waals surface area contributed by atoms with Crippen molar-refractivity contribution in [2.75, 3.05) is 20.2 Å². The van der Waals surface area contributed by atoms with Crippen LogP contribution >= 0.6 is 0 Å². The molecule has 0 radical (unpaired) electrons. The van der Waals surface area contributed by atoms with Crippen LogP contribution in [0.2, 0.25) is 0 Å². The number of hydrogen-bond donors (Lipinski definition) is 1. The van der Waals surface area contributed by atoms with Gasteiger partial charge in [0.25, 0.3) is 5.91 Å². The van der Waals surface area contributed by atoms with Crippen LogP contribution in [0.25, 0.3) is 0 Å². The van der Waals surface area contributed by atoms with Gasteiger partial charge in [0, 0.05) is 19.6 Å². The lowest BCUT2D eigenvalue weighted by atomic mass is 10.3. The van der Waals surface area contributed by atoms with Crippen LogP contribution in [0.1, 0.15) is 6.92 Å². The summed E-state index contributed by atoms with van der Waals surface area (Å²) in [6.45, 7) is 2.45. The van der Waals surface area contributed by atoms with Crippen LogP contribution in [0.4, 0.5) is 0 Å². The van der Waals surface area contributed by atoms with Gasteiger partial charge in [-0.3, -0.25) is 4.79 Å². The lowest BCUT2D eigenvalue weighted by molar-refractivity contribution is -0.132. The summed E-state index contributed by atoms with van der Waals surface area (Å²) in [6, 6.07) is 9.25. The van der Waals surface area contributed by atoms with E-state index in [-0.39, 0.29) is 18.6 Å². The SMILES string of the molecule is CC(N)CN(C)C(=O)COc1ccccc1. The Labute approximate surface area is 96.0 Å². The van der Waals surface area contributed by atoms with E-state index in [1.807, 2.05) is 37.3 Å². The third-order valence-corrected chi connectivity index (χ3v) is 2.09. The van der Waals surface area contributed by atoms with E-state index in [1.165, 1.54) is 0 Å². The minimum Gasteiger partial charge on any atom is -0.484 e. The van der Waals surface area contributed by atoms with Crippen LogP contribution in [0, 0.1) is 0 Å². The summed E-state index contributed by atoms with van der Waals surface area (Å²) in [4.78, 5) is 13.2. The third-order valence-electron chi connectivity index (χ3n) is 2.09. The van der Waals surface area contributed by atoms with Gasteiger partial charge in [-0.25, -0.2) is 0 Å². The van der Waals surface area contributed by atoms with E-state index in [2.05, 4.69) is 0 Å². The van der Waals surface area contributed by atoms with Crippen LogP contribution in [-0.4, -0.2) is 37.0 Å². The van der Waals surface area contributed by atoms with E-state index in [1.54, 1.807) is 11.9 Å². The van der Waals surface area contributed by atoms with Crippen LogP contribution in [0.5, 0.6) is 5.75 Å². The first-order valence-corrected chi connectivity index (χ1v) is 5.27. The first kappa shape index (κ1) is 12.5. The largest absolute Gasteiger partial charge is 0.484 e. The van der Waals surface area contributed by atoms with Crippen molar-refractivity contribution in [1.29, 1.82) is 0 Å². The predicted molar refractivity (Wildman–Crippen MR) is 63.2 cm³/mol. The number of ether oxygens (including phenoxy) is 1. The monoisotopic (exact) mass is 222 g/mol. The van der Waals surface area contributed by atoms with Gasteiger partial charge in [0.1, 0.15) is 5.75 Å². The van der Waals surface area contributed by atoms with Gasteiger partial charge in [0.05, 0.1) is 0 Å². The molecule has 4 nitrogen and oxygen atoms in total. The smallest absolute Gasteiger partial charge is 0.260 e. The van der Waals surface area contributed by atoms with Crippen molar-refractivity contribution < 1.29 is 9.53 Å². The molecule has 0 aliphatic carbocycles. The molecule has 0 aliphatic rings. The van der Waals surface area contributed by atoms with E-state index in [9.17, 15) is 4.79 Å². The number of para-hydroxylation sites is 1. The number of benzene rings is 1. The molecule has 2 N–H and O–H groups in total. The molecule has 16 heavy (non-hydrogen) atoms. The van der Waals surface area contributed by atoms with Gasteiger partial charge in [-0.15, -0.1) is 0 Å². The zero-order chi connectivity index (χ0) is 12.0. The van der Waals surface area contributed by atoms with Crippen molar-refractivity contribution in [3.8, 4) is 5.75 Å². The molecular formula is C12H18N2O2. The average Bonchev–Trinajstić information content (AvgIpc) is 2.26. The Morgan fingerprint density at radius 2 is 2.06 bits per heavy atom. The molecule has 0 saturated carbocycles. The number of carbonyl (C=O) groups is 1. The molecule has 1 unspecified atom stereocenters. The van der Waals surface area contributed by atoms with Crippen LogP contribution in [-0.2, 0) is 4.79 Å². The molecule has 1 atom stereocenters. The van der Waals surface area contributed by atoms with Gasteiger partial charge in [0.2, 0.25) is 0 Å². The fraction of sp³-hybridized carbons (Fsp3) is 0.417. The maximum absolute atomic E-state index is 11.6. The molecule has 0 saturated heterocycles. The topological polar surface area (TPSA) is 55.6 Å². The highest BCUT2D eigenvalue weighted by atomic mass is 16.5. The van der Waals surface area contributed by atoms with Crippen molar-refractivity contribution in [2.45, 2.75) is 13.0 Å². The van der Waals surface area contributed by atoms with E-state index in [0.717, 1.165) is 0 Å². The summed E-state index contributed by atoms with van der Waals surface area (Å²) in [5.74, 6) is 0.631. The Bertz CT molecular complexity index is 325. The molecule has 0 heterocycles. The standard InChI is InChI=1S/C12H18N2O2/c1-10(13)8-14(2)12(15)9-16-11-6-4-3-5-7-11/h3-7,10H,8-9,13H2,1-2H3. The van der Waals surface area contributed by atoms with Crippen molar-refractivity contribution in [2.24, 2.45) is 5.73 Å². The van der Waals surface area contributed by atoms with E-state index < -0.39 is 0 Å².